The van der Waals surface area contributed by atoms with E-state index in [9.17, 15) is 9.50 Å². The van der Waals surface area contributed by atoms with Crippen LogP contribution in [0.4, 0.5) is 4.39 Å². The van der Waals surface area contributed by atoms with Crippen molar-refractivity contribution >= 4 is 0 Å². The Morgan fingerprint density at radius 1 is 1.25 bits per heavy atom. The van der Waals surface area contributed by atoms with Gasteiger partial charge in [0.05, 0.1) is 12.1 Å². The molecule has 0 aliphatic heterocycles. The number of hydrogen-bond donors (Lipinski definition) is 1. The molecular weight excluding hydrogens is 305 g/mol. The SMILES string of the molecule is CC(CCc1ccccc1F)CC(C(O)C(C)(C)C)n1cncn1. The molecular formula is C19H28FN3O. The summed E-state index contributed by atoms with van der Waals surface area (Å²) in [6.45, 7) is 8.20. The highest BCUT2D eigenvalue weighted by molar-refractivity contribution is 5.17. The predicted octanol–water partition coefficient (Wildman–Crippen LogP) is 4.02. The number of aromatic nitrogens is 3. The van der Waals surface area contributed by atoms with Gasteiger partial charge in [-0.1, -0.05) is 45.9 Å². The second-order valence-corrected chi connectivity index (χ2v) is 7.72. The molecule has 0 radical (unpaired) electrons. The molecule has 1 N–H and O–H groups in total. The maximum Gasteiger partial charge on any atom is 0.137 e. The lowest BCUT2D eigenvalue weighted by molar-refractivity contribution is 0.00401. The van der Waals surface area contributed by atoms with Crippen LogP contribution in [0.1, 0.15) is 52.1 Å². The molecule has 3 unspecified atom stereocenters. The summed E-state index contributed by atoms with van der Waals surface area (Å²) >= 11 is 0. The van der Waals surface area contributed by atoms with Crippen molar-refractivity contribution in [3.63, 3.8) is 0 Å². The van der Waals surface area contributed by atoms with Gasteiger partial charge < -0.3 is 5.11 Å². The van der Waals surface area contributed by atoms with Crippen molar-refractivity contribution in [2.24, 2.45) is 11.3 Å². The van der Waals surface area contributed by atoms with E-state index < -0.39 is 6.10 Å². The van der Waals surface area contributed by atoms with Crippen LogP contribution in [-0.2, 0) is 6.42 Å². The van der Waals surface area contributed by atoms with Gasteiger partial charge in [0.1, 0.15) is 18.5 Å². The van der Waals surface area contributed by atoms with Gasteiger partial charge in [-0.15, -0.1) is 0 Å². The summed E-state index contributed by atoms with van der Waals surface area (Å²) in [7, 11) is 0. The Balaban J connectivity index is 2.02. The topological polar surface area (TPSA) is 50.9 Å². The zero-order valence-electron chi connectivity index (χ0n) is 15.0. The second-order valence-electron chi connectivity index (χ2n) is 7.72. The maximum absolute atomic E-state index is 13.7. The quantitative estimate of drug-likeness (QED) is 0.832. The van der Waals surface area contributed by atoms with Gasteiger partial charge in [-0.25, -0.2) is 14.1 Å². The molecule has 0 saturated heterocycles. The molecule has 5 heteroatoms. The Bertz CT molecular complexity index is 622. The van der Waals surface area contributed by atoms with E-state index in [0.717, 1.165) is 18.4 Å². The van der Waals surface area contributed by atoms with Crippen molar-refractivity contribution in [2.75, 3.05) is 0 Å². The lowest BCUT2D eigenvalue weighted by Crippen LogP contribution is -2.36. The van der Waals surface area contributed by atoms with Crippen LogP contribution < -0.4 is 0 Å². The van der Waals surface area contributed by atoms with Crippen molar-refractivity contribution in [1.29, 1.82) is 0 Å². The molecule has 1 aromatic heterocycles. The molecule has 1 aromatic carbocycles. The summed E-state index contributed by atoms with van der Waals surface area (Å²) in [5.74, 6) is 0.183. The van der Waals surface area contributed by atoms with Gasteiger partial charge in [0.2, 0.25) is 0 Å². The molecule has 132 valence electrons. The Hall–Kier alpha value is -1.75. The number of aliphatic hydroxyl groups excluding tert-OH is 1. The molecule has 3 atom stereocenters. The fraction of sp³-hybridized carbons (Fsp3) is 0.579. The van der Waals surface area contributed by atoms with E-state index in [-0.39, 0.29) is 17.3 Å². The number of rotatable bonds is 7. The maximum atomic E-state index is 13.7. The van der Waals surface area contributed by atoms with Crippen LogP contribution in [0, 0.1) is 17.2 Å². The molecule has 1 heterocycles. The number of hydrogen-bond acceptors (Lipinski definition) is 3. The standard InChI is InChI=1S/C19H28FN3O/c1-14(9-10-15-7-5-6-8-16(15)20)11-17(18(24)19(2,3)4)23-13-21-12-22-23/h5-8,12-14,17-18,24H,9-11H2,1-4H3. The first kappa shape index (κ1) is 18.6. The van der Waals surface area contributed by atoms with E-state index in [2.05, 4.69) is 17.0 Å². The number of benzene rings is 1. The fourth-order valence-electron chi connectivity index (χ4n) is 2.98. The molecule has 4 nitrogen and oxygen atoms in total. The van der Waals surface area contributed by atoms with E-state index in [0.29, 0.717) is 12.3 Å². The van der Waals surface area contributed by atoms with E-state index in [1.807, 2.05) is 32.9 Å². The van der Waals surface area contributed by atoms with E-state index in [1.165, 1.54) is 12.4 Å². The highest BCUT2D eigenvalue weighted by Gasteiger charge is 2.33. The summed E-state index contributed by atoms with van der Waals surface area (Å²) in [6, 6.07) is 6.78. The molecule has 2 aromatic rings. The Morgan fingerprint density at radius 2 is 1.96 bits per heavy atom. The highest BCUT2D eigenvalue weighted by Crippen LogP contribution is 2.33. The monoisotopic (exact) mass is 333 g/mol. The van der Waals surface area contributed by atoms with Crippen LogP contribution >= 0.6 is 0 Å². The largest absolute Gasteiger partial charge is 0.390 e. The van der Waals surface area contributed by atoms with Crippen molar-refractivity contribution in [3.05, 3.63) is 48.3 Å². The van der Waals surface area contributed by atoms with E-state index in [4.69, 9.17) is 0 Å². The zero-order valence-corrected chi connectivity index (χ0v) is 15.0. The van der Waals surface area contributed by atoms with Crippen LogP contribution in [0.15, 0.2) is 36.9 Å². The molecule has 0 bridgehead atoms. The Labute approximate surface area is 143 Å². The normalized spacial score (nSPS) is 15.9. The van der Waals surface area contributed by atoms with Gasteiger partial charge in [0, 0.05) is 0 Å². The average molecular weight is 333 g/mol. The van der Waals surface area contributed by atoms with Gasteiger partial charge in [-0.05, 0) is 42.2 Å². The molecule has 0 aliphatic carbocycles. The van der Waals surface area contributed by atoms with Crippen molar-refractivity contribution in [3.8, 4) is 0 Å². The van der Waals surface area contributed by atoms with Gasteiger partial charge in [-0.3, -0.25) is 0 Å². The van der Waals surface area contributed by atoms with E-state index in [1.54, 1.807) is 17.1 Å². The third-order valence-corrected chi connectivity index (χ3v) is 4.54. The van der Waals surface area contributed by atoms with Gasteiger partial charge in [0.25, 0.3) is 0 Å². The third-order valence-electron chi connectivity index (χ3n) is 4.54. The molecule has 2 rings (SSSR count). The first-order valence-electron chi connectivity index (χ1n) is 8.54. The summed E-state index contributed by atoms with van der Waals surface area (Å²) in [4.78, 5) is 4.01. The number of nitrogens with zero attached hydrogens (tertiary/aromatic N) is 3. The lowest BCUT2D eigenvalue weighted by atomic mass is 9.81. The minimum atomic E-state index is -0.532. The first-order valence-corrected chi connectivity index (χ1v) is 8.54. The van der Waals surface area contributed by atoms with Gasteiger partial charge in [-0.2, -0.15) is 5.10 Å². The summed E-state index contributed by atoms with van der Waals surface area (Å²) < 4.78 is 15.5. The van der Waals surface area contributed by atoms with Crippen LogP contribution in [0.2, 0.25) is 0 Å². The second kappa shape index (κ2) is 7.88. The zero-order chi connectivity index (χ0) is 17.7. The molecule has 0 aliphatic rings. The molecule has 0 saturated carbocycles. The Kier molecular flexibility index (Phi) is 6.10. The van der Waals surface area contributed by atoms with Crippen LogP contribution in [0.25, 0.3) is 0 Å². The Morgan fingerprint density at radius 3 is 2.54 bits per heavy atom. The first-order chi connectivity index (χ1) is 11.3. The van der Waals surface area contributed by atoms with Crippen LogP contribution in [0.5, 0.6) is 0 Å². The molecule has 24 heavy (non-hydrogen) atoms. The number of aryl methyl sites for hydroxylation is 1. The number of aliphatic hydroxyl groups is 1. The number of halogens is 1. The van der Waals surface area contributed by atoms with Crippen molar-refractivity contribution in [2.45, 2.75) is 59.1 Å². The van der Waals surface area contributed by atoms with Gasteiger partial charge in [0.15, 0.2) is 0 Å². The average Bonchev–Trinajstić information content (AvgIpc) is 3.04. The minimum Gasteiger partial charge on any atom is -0.390 e. The van der Waals surface area contributed by atoms with Crippen LogP contribution in [0.3, 0.4) is 0 Å². The van der Waals surface area contributed by atoms with Crippen molar-refractivity contribution in [1.82, 2.24) is 14.8 Å². The van der Waals surface area contributed by atoms with Gasteiger partial charge >= 0.3 is 0 Å². The van der Waals surface area contributed by atoms with E-state index >= 15 is 0 Å². The van der Waals surface area contributed by atoms with Crippen LogP contribution in [-0.4, -0.2) is 26.0 Å². The highest BCUT2D eigenvalue weighted by atomic mass is 19.1. The summed E-state index contributed by atoms with van der Waals surface area (Å²) in [5, 5.41) is 15.0. The minimum absolute atomic E-state index is 0.136. The lowest BCUT2D eigenvalue weighted by Gasteiger charge is -2.34. The predicted molar refractivity (Wildman–Crippen MR) is 93.0 cm³/mol. The molecule has 0 fully saturated rings. The van der Waals surface area contributed by atoms with Crippen molar-refractivity contribution < 1.29 is 9.50 Å². The smallest absolute Gasteiger partial charge is 0.137 e. The summed E-state index contributed by atoms with van der Waals surface area (Å²) in [5.41, 5.74) is 0.500. The molecule has 0 amide bonds. The summed E-state index contributed by atoms with van der Waals surface area (Å²) in [6.07, 6.45) is 4.95. The fourth-order valence-corrected chi connectivity index (χ4v) is 2.98. The third kappa shape index (κ3) is 4.87. The molecule has 0 spiro atoms.